The van der Waals surface area contributed by atoms with Crippen LogP contribution in [0.2, 0.25) is 0 Å². The fraction of sp³-hybridized carbons (Fsp3) is 0.143. The van der Waals surface area contributed by atoms with Gasteiger partial charge in [0.1, 0.15) is 10.7 Å². The zero-order valence-electron chi connectivity index (χ0n) is 10.9. The van der Waals surface area contributed by atoms with Crippen LogP contribution in [-0.4, -0.2) is 8.42 Å². The van der Waals surface area contributed by atoms with E-state index in [4.69, 9.17) is 5.73 Å². The molecule has 0 saturated heterocycles. The summed E-state index contributed by atoms with van der Waals surface area (Å²) >= 11 is 0. The number of nitrogen functional groups attached to an aromatic ring is 1. The Morgan fingerprint density at radius 1 is 1.15 bits per heavy atom. The number of hydrogen-bond acceptors (Lipinski definition) is 3. The minimum Gasteiger partial charge on any atom is -0.395 e. The van der Waals surface area contributed by atoms with Crippen molar-refractivity contribution in [3.8, 4) is 0 Å². The first-order valence-corrected chi connectivity index (χ1v) is 7.47. The van der Waals surface area contributed by atoms with E-state index >= 15 is 0 Å². The van der Waals surface area contributed by atoms with Crippen molar-refractivity contribution >= 4 is 15.7 Å². The van der Waals surface area contributed by atoms with Crippen molar-refractivity contribution in [3.63, 3.8) is 0 Å². The van der Waals surface area contributed by atoms with E-state index in [-0.39, 0.29) is 17.1 Å². The fourth-order valence-corrected chi connectivity index (χ4v) is 2.87. The first-order valence-electron chi connectivity index (χ1n) is 5.99. The summed E-state index contributed by atoms with van der Waals surface area (Å²) in [5.41, 5.74) is 6.99. The van der Waals surface area contributed by atoms with E-state index in [1.165, 1.54) is 12.1 Å². The van der Waals surface area contributed by atoms with Gasteiger partial charge >= 0.3 is 0 Å². The van der Waals surface area contributed by atoms with Gasteiger partial charge in [0.25, 0.3) is 0 Å². The molecule has 2 aromatic rings. The number of anilines is 1. The zero-order chi connectivity index (χ0) is 14.8. The molecular weight excluding hydrogens is 279 g/mol. The summed E-state index contributed by atoms with van der Waals surface area (Å²) in [6, 6.07) is 11.1. The maximum absolute atomic E-state index is 13.3. The lowest BCUT2D eigenvalue weighted by molar-refractivity contribution is 0.579. The standard InChI is InChI=1S/C14H15FN2O2S/c1-10-5-7-11(8-6-10)9-17-20(18,19)13-4-2-3-12(15)14(13)16/h2-8,17H,9,16H2,1H3. The summed E-state index contributed by atoms with van der Waals surface area (Å²) in [6.07, 6.45) is 0. The number of rotatable bonds is 4. The Balaban J connectivity index is 2.19. The monoisotopic (exact) mass is 294 g/mol. The number of halogens is 1. The molecule has 0 atom stereocenters. The van der Waals surface area contributed by atoms with Crippen LogP contribution >= 0.6 is 0 Å². The van der Waals surface area contributed by atoms with Gasteiger partial charge in [-0.25, -0.2) is 17.5 Å². The second-order valence-electron chi connectivity index (χ2n) is 4.46. The van der Waals surface area contributed by atoms with Crippen LogP contribution in [0, 0.1) is 12.7 Å². The molecule has 2 aromatic carbocycles. The second kappa shape index (κ2) is 5.60. The fourth-order valence-electron chi connectivity index (χ4n) is 1.71. The lowest BCUT2D eigenvalue weighted by atomic mass is 10.2. The Morgan fingerprint density at radius 3 is 2.45 bits per heavy atom. The molecule has 0 aliphatic rings. The average molecular weight is 294 g/mol. The van der Waals surface area contributed by atoms with Crippen LogP contribution in [0.15, 0.2) is 47.4 Å². The highest BCUT2D eigenvalue weighted by Crippen LogP contribution is 2.21. The van der Waals surface area contributed by atoms with E-state index in [1.54, 1.807) is 0 Å². The van der Waals surface area contributed by atoms with Gasteiger partial charge in [-0.2, -0.15) is 0 Å². The molecule has 106 valence electrons. The number of aryl methyl sites for hydroxylation is 1. The molecule has 6 heteroatoms. The predicted octanol–water partition coefficient (Wildman–Crippen LogP) is 2.19. The number of hydrogen-bond donors (Lipinski definition) is 2. The Bertz CT molecular complexity index is 712. The van der Waals surface area contributed by atoms with Crippen molar-refractivity contribution in [2.75, 3.05) is 5.73 Å². The molecule has 0 radical (unpaired) electrons. The third kappa shape index (κ3) is 3.15. The van der Waals surface area contributed by atoms with Gasteiger partial charge < -0.3 is 5.73 Å². The van der Waals surface area contributed by atoms with Crippen LogP contribution in [-0.2, 0) is 16.6 Å². The number of nitrogens with two attached hydrogens (primary N) is 1. The van der Waals surface area contributed by atoms with E-state index in [9.17, 15) is 12.8 Å². The first-order chi connectivity index (χ1) is 9.40. The Kier molecular flexibility index (Phi) is 4.06. The van der Waals surface area contributed by atoms with Crippen molar-refractivity contribution in [3.05, 3.63) is 59.4 Å². The van der Waals surface area contributed by atoms with Gasteiger partial charge in [0, 0.05) is 6.54 Å². The molecule has 0 aliphatic heterocycles. The summed E-state index contributed by atoms with van der Waals surface area (Å²) < 4.78 is 39.9. The summed E-state index contributed by atoms with van der Waals surface area (Å²) in [7, 11) is -3.84. The lowest BCUT2D eigenvalue weighted by Gasteiger charge is -2.09. The SMILES string of the molecule is Cc1ccc(CNS(=O)(=O)c2cccc(F)c2N)cc1. The smallest absolute Gasteiger partial charge is 0.243 e. The average Bonchev–Trinajstić information content (AvgIpc) is 2.41. The largest absolute Gasteiger partial charge is 0.395 e. The molecule has 0 unspecified atom stereocenters. The summed E-state index contributed by atoms with van der Waals surface area (Å²) in [5, 5.41) is 0. The van der Waals surface area contributed by atoms with Gasteiger partial charge in [0.05, 0.1) is 5.69 Å². The second-order valence-corrected chi connectivity index (χ2v) is 6.20. The molecule has 0 aromatic heterocycles. The number of benzene rings is 2. The molecule has 0 bridgehead atoms. The van der Waals surface area contributed by atoms with E-state index in [1.807, 2.05) is 31.2 Å². The third-order valence-electron chi connectivity index (χ3n) is 2.89. The highest BCUT2D eigenvalue weighted by atomic mass is 32.2. The van der Waals surface area contributed by atoms with E-state index in [0.29, 0.717) is 0 Å². The zero-order valence-corrected chi connectivity index (χ0v) is 11.7. The Morgan fingerprint density at radius 2 is 1.80 bits per heavy atom. The third-order valence-corrected chi connectivity index (χ3v) is 4.35. The highest BCUT2D eigenvalue weighted by Gasteiger charge is 2.18. The lowest BCUT2D eigenvalue weighted by Crippen LogP contribution is -2.24. The topological polar surface area (TPSA) is 72.2 Å². The van der Waals surface area contributed by atoms with Crippen LogP contribution in [0.1, 0.15) is 11.1 Å². The van der Waals surface area contributed by atoms with Crippen LogP contribution in [0.4, 0.5) is 10.1 Å². The molecule has 4 nitrogen and oxygen atoms in total. The van der Waals surface area contributed by atoms with E-state index in [0.717, 1.165) is 17.2 Å². The van der Waals surface area contributed by atoms with Crippen molar-refractivity contribution in [1.29, 1.82) is 0 Å². The maximum atomic E-state index is 13.3. The van der Waals surface area contributed by atoms with Gasteiger partial charge in [-0.1, -0.05) is 35.9 Å². The number of para-hydroxylation sites is 1. The van der Waals surface area contributed by atoms with Gasteiger partial charge in [-0.3, -0.25) is 0 Å². The molecule has 0 aliphatic carbocycles. The summed E-state index contributed by atoms with van der Waals surface area (Å²) in [5.74, 6) is -0.747. The van der Waals surface area contributed by atoms with Crippen molar-refractivity contribution < 1.29 is 12.8 Å². The van der Waals surface area contributed by atoms with Crippen LogP contribution in [0.25, 0.3) is 0 Å². The minimum atomic E-state index is -3.84. The number of sulfonamides is 1. The van der Waals surface area contributed by atoms with Crippen LogP contribution < -0.4 is 10.5 Å². The van der Waals surface area contributed by atoms with Crippen LogP contribution in [0.3, 0.4) is 0 Å². The summed E-state index contributed by atoms with van der Waals surface area (Å²) in [4.78, 5) is -0.246. The van der Waals surface area contributed by atoms with Crippen molar-refractivity contribution in [2.24, 2.45) is 0 Å². The molecule has 3 N–H and O–H groups in total. The van der Waals surface area contributed by atoms with Crippen molar-refractivity contribution in [1.82, 2.24) is 4.72 Å². The molecule has 0 heterocycles. The Hall–Kier alpha value is -1.92. The highest BCUT2D eigenvalue weighted by molar-refractivity contribution is 7.89. The van der Waals surface area contributed by atoms with Crippen molar-refractivity contribution in [2.45, 2.75) is 18.4 Å². The van der Waals surface area contributed by atoms with Crippen LogP contribution in [0.5, 0.6) is 0 Å². The predicted molar refractivity (Wildman–Crippen MR) is 76.0 cm³/mol. The molecule has 2 rings (SSSR count). The van der Waals surface area contributed by atoms with Gasteiger partial charge in [0.2, 0.25) is 10.0 Å². The van der Waals surface area contributed by atoms with Gasteiger partial charge in [-0.05, 0) is 24.6 Å². The molecule has 0 amide bonds. The molecule has 0 fully saturated rings. The van der Waals surface area contributed by atoms with Gasteiger partial charge in [0.15, 0.2) is 0 Å². The summed E-state index contributed by atoms with van der Waals surface area (Å²) in [6.45, 7) is 2.07. The molecular formula is C14H15FN2O2S. The molecule has 20 heavy (non-hydrogen) atoms. The number of nitrogens with one attached hydrogen (secondary N) is 1. The minimum absolute atomic E-state index is 0.124. The Labute approximate surface area is 117 Å². The van der Waals surface area contributed by atoms with E-state index < -0.39 is 15.8 Å². The van der Waals surface area contributed by atoms with E-state index in [2.05, 4.69) is 4.72 Å². The molecule has 0 saturated carbocycles. The quantitative estimate of drug-likeness (QED) is 0.849. The first kappa shape index (κ1) is 14.5. The molecule has 0 spiro atoms. The maximum Gasteiger partial charge on any atom is 0.243 e. The van der Waals surface area contributed by atoms with Gasteiger partial charge in [-0.15, -0.1) is 0 Å². The normalized spacial score (nSPS) is 11.5.